The smallest absolute Gasteiger partial charge is 0.234 e. The average molecular weight is 305 g/mol. The van der Waals surface area contributed by atoms with Gasteiger partial charge in [-0.2, -0.15) is 0 Å². The van der Waals surface area contributed by atoms with Crippen molar-refractivity contribution in [3.63, 3.8) is 0 Å². The van der Waals surface area contributed by atoms with Crippen LogP contribution < -0.4 is 0 Å². The van der Waals surface area contributed by atoms with E-state index in [2.05, 4.69) is 0 Å². The van der Waals surface area contributed by atoms with Gasteiger partial charge in [0.15, 0.2) is 0 Å². The maximum Gasteiger partial charge on any atom is 0.234 e. The standard InChI is InChI=1S/C13H11F4NOS/c14-6-2-1-3-7(15)11(6)13-18(10(19)5-20-13)12-8(16)4-9(12)17/h1-3,8-9,12-13H,4-5H2. The summed E-state index contributed by atoms with van der Waals surface area (Å²) in [7, 11) is 0. The maximum absolute atomic E-state index is 13.8. The van der Waals surface area contributed by atoms with E-state index in [0.29, 0.717) is 0 Å². The maximum atomic E-state index is 13.8. The first-order valence-corrected chi connectivity index (χ1v) is 7.20. The molecule has 1 heterocycles. The van der Waals surface area contributed by atoms with E-state index in [4.69, 9.17) is 0 Å². The third-order valence-corrected chi connectivity index (χ3v) is 4.86. The molecule has 2 aliphatic rings. The number of alkyl halides is 2. The number of benzene rings is 1. The molecule has 2 fully saturated rings. The van der Waals surface area contributed by atoms with Crippen LogP contribution in [-0.2, 0) is 4.79 Å². The number of halogens is 4. The molecule has 0 aromatic heterocycles. The van der Waals surface area contributed by atoms with Crippen molar-refractivity contribution in [2.45, 2.75) is 30.2 Å². The summed E-state index contributed by atoms with van der Waals surface area (Å²) in [5.74, 6) is -2.15. The first kappa shape index (κ1) is 13.7. The summed E-state index contributed by atoms with van der Waals surface area (Å²) in [6.45, 7) is 0. The molecule has 0 N–H and O–H groups in total. The molecule has 1 amide bonds. The van der Waals surface area contributed by atoms with Crippen LogP contribution in [0.1, 0.15) is 17.4 Å². The van der Waals surface area contributed by atoms with Crippen molar-refractivity contribution < 1.29 is 22.4 Å². The van der Waals surface area contributed by atoms with E-state index in [1.807, 2.05) is 0 Å². The lowest BCUT2D eigenvalue weighted by atomic mass is 9.86. The Hall–Kier alpha value is -1.24. The van der Waals surface area contributed by atoms with Gasteiger partial charge in [-0.1, -0.05) is 6.07 Å². The second-order valence-corrected chi connectivity index (χ2v) is 5.93. The van der Waals surface area contributed by atoms with Gasteiger partial charge in [0.1, 0.15) is 29.4 Å². The van der Waals surface area contributed by atoms with E-state index in [-0.39, 0.29) is 17.7 Å². The summed E-state index contributed by atoms with van der Waals surface area (Å²) in [4.78, 5) is 12.8. The lowest BCUT2D eigenvalue weighted by Gasteiger charge is -2.43. The van der Waals surface area contributed by atoms with Crippen LogP contribution in [0.25, 0.3) is 0 Å². The van der Waals surface area contributed by atoms with E-state index in [9.17, 15) is 22.4 Å². The molecule has 1 aliphatic heterocycles. The van der Waals surface area contributed by atoms with Crippen LogP contribution in [0, 0.1) is 11.6 Å². The van der Waals surface area contributed by atoms with Crippen LogP contribution in [0.4, 0.5) is 17.6 Å². The van der Waals surface area contributed by atoms with Gasteiger partial charge in [0.05, 0.1) is 17.4 Å². The number of hydrogen-bond donors (Lipinski definition) is 0. The van der Waals surface area contributed by atoms with Crippen molar-refractivity contribution in [2.24, 2.45) is 0 Å². The topological polar surface area (TPSA) is 20.3 Å². The normalized spacial score (nSPS) is 33.4. The molecule has 3 atom stereocenters. The molecule has 2 nitrogen and oxygen atoms in total. The fraction of sp³-hybridized carbons (Fsp3) is 0.462. The molecule has 3 rings (SSSR count). The minimum Gasteiger partial charge on any atom is -0.317 e. The second kappa shape index (κ2) is 4.95. The van der Waals surface area contributed by atoms with E-state index in [1.54, 1.807) is 0 Å². The van der Waals surface area contributed by atoms with Crippen LogP contribution in [0.5, 0.6) is 0 Å². The monoisotopic (exact) mass is 305 g/mol. The number of carbonyl (C=O) groups is 1. The number of rotatable bonds is 2. The molecule has 20 heavy (non-hydrogen) atoms. The molecular formula is C13H11F4NOS. The Kier molecular flexibility index (Phi) is 3.40. The van der Waals surface area contributed by atoms with Gasteiger partial charge in [-0.05, 0) is 12.1 Å². The highest BCUT2D eigenvalue weighted by Crippen LogP contribution is 2.46. The number of carbonyl (C=O) groups excluding carboxylic acids is 1. The first-order valence-electron chi connectivity index (χ1n) is 6.15. The van der Waals surface area contributed by atoms with Crippen molar-refractivity contribution in [1.29, 1.82) is 0 Å². The fourth-order valence-corrected chi connectivity index (χ4v) is 3.86. The molecule has 1 aromatic carbocycles. The largest absolute Gasteiger partial charge is 0.317 e. The van der Waals surface area contributed by atoms with Crippen molar-refractivity contribution in [3.05, 3.63) is 35.4 Å². The quantitative estimate of drug-likeness (QED) is 0.783. The van der Waals surface area contributed by atoms with Gasteiger partial charge in [0.2, 0.25) is 5.91 Å². The second-order valence-electron chi connectivity index (χ2n) is 4.86. The molecule has 0 radical (unpaired) electrons. The summed E-state index contributed by atoms with van der Waals surface area (Å²) in [6.07, 6.45) is -3.24. The van der Waals surface area contributed by atoms with Gasteiger partial charge >= 0.3 is 0 Å². The van der Waals surface area contributed by atoms with Crippen LogP contribution in [0.3, 0.4) is 0 Å². The molecule has 108 valence electrons. The van der Waals surface area contributed by atoms with Crippen LogP contribution in [0.15, 0.2) is 18.2 Å². The van der Waals surface area contributed by atoms with Crippen molar-refractivity contribution in [3.8, 4) is 0 Å². The number of nitrogens with zero attached hydrogens (tertiary/aromatic N) is 1. The first-order chi connectivity index (χ1) is 9.50. The lowest BCUT2D eigenvalue weighted by molar-refractivity contribution is -0.140. The average Bonchev–Trinajstić information content (AvgIpc) is 2.72. The third kappa shape index (κ3) is 1.99. The Morgan fingerprint density at radius 1 is 1.15 bits per heavy atom. The molecule has 7 heteroatoms. The molecule has 3 unspecified atom stereocenters. The van der Waals surface area contributed by atoms with E-state index in [0.717, 1.165) is 28.8 Å². The molecule has 1 saturated carbocycles. The van der Waals surface area contributed by atoms with Gasteiger partial charge in [-0.15, -0.1) is 11.8 Å². The highest BCUT2D eigenvalue weighted by molar-refractivity contribution is 8.00. The Morgan fingerprint density at radius 2 is 1.75 bits per heavy atom. The molecule has 1 aromatic rings. The van der Waals surface area contributed by atoms with Gasteiger partial charge in [0, 0.05) is 6.42 Å². The van der Waals surface area contributed by atoms with Crippen LogP contribution in [0.2, 0.25) is 0 Å². The van der Waals surface area contributed by atoms with Crippen LogP contribution >= 0.6 is 11.8 Å². The zero-order chi connectivity index (χ0) is 14.4. The summed E-state index contributed by atoms with van der Waals surface area (Å²) in [6, 6.07) is 2.11. The number of hydrogen-bond acceptors (Lipinski definition) is 2. The lowest BCUT2D eigenvalue weighted by Crippen LogP contribution is -2.58. The molecule has 1 aliphatic carbocycles. The summed E-state index contributed by atoms with van der Waals surface area (Å²) in [5, 5.41) is -1.01. The third-order valence-electron chi connectivity index (χ3n) is 3.66. The van der Waals surface area contributed by atoms with Gasteiger partial charge < -0.3 is 4.90 Å². The summed E-state index contributed by atoms with van der Waals surface area (Å²) < 4.78 is 54.6. The minimum absolute atomic E-state index is 0.0334. The summed E-state index contributed by atoms with van der Waals surface area (Å²) >= 11 is 0.985. The van der Waals surface area contributed by atoms with E-state index in [1.165, 1.54) is 6.07 Å². The van der Waals surface area contributed by atoms with Gasteiger partial charge in [-0.25, -0.2) is 17.6 Å². The molecular weight excluding hydrogens is 294 g/mol. The molecule has 0 spiro atoms. The number of thioether (sulfide) groups is 1. The number of amides is 1. The fourth-order valence-electron chi connectivity index (χ4n) is 2.60. The van der Waals surface area contributed by atoms with Crippen LogP contribution in [-0.4, -0.2) is 34.9 Å². The van der Waals surface area contributed by atoms with Crippen molar-refractivity contribution in [2.75, 3.05) is 5.75 Å². The van der Waals surface area contributed by atoms with Gasteiger partial charge in [0.25, 0.3) is 0 Å². The molecule has 1 saturated heterocycles. The summed E-state index contributed by atoms with van der Waals surface area (Å²) in [5.41, 5.74) is -0.311. The van der Waals surface area contributed by atoms with Gasteiger partial charge in [-0.3, -0.25) is 4.79 Å². The van der Waals surface area contributed by atoms with E-state index < -0.39 is 41.3 Å². The Balaban J connectivity index is 1.98. The Bertz CT molecular complexity index is 527. The zero-order valence-electron chi connectivity index (χ0n) is 10.2. The Labute approximate surface area is 117 Å². The van der Waals surface area contributed by atoms with E-state index >= 15 is 0 Å². The SMILES string of the molecule is O=C1CSC(c2c(F)cccc2F)N1C1C(F)CC1F. The van der Waals surface area contributed by atoms with Crippen molar-refractivity contribution in [1.82, 2.24) is 4.90 Å². The van der Waals surface area contributed by atoms with Crippen molar-refractivity contribution >= 4 is 17.7 Å². The predicted molar refractivity (Wildman–Crippen MR) is 66.6 cm³/mol. The Morgan fingerprint density at radius 3 is 2.30 bits per heavy atom. The zero-order valence-corrected chi connectivity index (χ0v) is 11.0. The highest BCUT2D eigenvalue weighted by atomic mass is 32.2. The molecule has 0 bridgehead atoms. The highest BCUT2D eigenvalue weighted by Gasteiger charge is 2.52. The minimum atomic E-state index is -1.48. The predicted octanol–water partition coefficient (Wildman–Crippen LogP) is 2.99.